The van der Waals surface area contributed by atoms with E-state index in [4.69, 9.17) is 18.5 Å². The molecule has 198 valence electrons. The average molecular weight is 532 g/mol. The number of rotatable bonds is 6. The van der Waals surface area contributed by atoms with E-state index in [0.717, 1.165) is 10.1 Å². The van der Waals surface area contributed by atoms with Crippen LogP contribution in [0.2, 0.25) is 0 Å². The number of carbonyl (C=O) groups is 1. The smallest absolute Gasteiger partial charge is 0.380 e. The van der Waals surface area contributed by atoms with Crippen LogP contribution in [0.15, 0.2) is 40.1 Å². The second-order valence-electron chi connectivity index (χ2n) is 9.33. The number of fused-ring (bicyclic) bond motifs is 1. The van der Waals surface area contributed by atoms with Gasteiger partial charge in [-0.1, -0.05) is 30.0 Å². The Hall–Kier alpha value is -3.16. The number of benzene rings is 1. The zero-order chi connectivity index (χ0) is 26.8. The number of carbonyl (C=O) groups excluding carboxylic acids is 1. The molecule has 0 aliphatic carbocycles. The van der Waals surface area contributed by atoms with Crippen LogP contribution < -0.4 is 15.8 Å². The first-order valence-electron chi connectivity index (χ1n) is 11.9. The second kappa shape index (κ2) is 10.7. The van der Waals surface area contributed by atoms with Crippen LogP contribution in [0, 0.1) is 11.8 Å². The fraction of sp³-hybridized carbons (Fsp3) is 0.480. The Labute approximate surface area is 213 Å². The molecular formula is C25H29N2O9P. The Balaban J connectivity index is 1.42. The number of hydrogen-bond acceptors (Lipinski definition) is 9. The zero-order valence-corrected chi connectivity index (χ0v) is 21.7. The summed E-state index contributed by atoms with van der Waals surface area (Å²) < 4.78 is 36.7. The molecule has 4 rings (SSSR count). The lowest BCUT2D eigenvalue weighted by Gasteiger charge is -2.37. The first-order chi connectivity index (χ1) is 17.5. The van der Waals surface area contributed by atoms with Crippen molar-refractivity contribution in [3.63, 3.8) is 0 Å². The molecule has 11 nitrogen and oxygen atoms in total. The second-order valence-corrected chi connectivity index (χ2v) is 11.4. The lowest BCUT2D eigenvalue weighted by molar-refractivity contribution is -0.150. The van der Waals surface area contributed by atoms with E-state index in [0.29, 0.717) is 18.6 Å². The van der Waals surface area contributed by atoms with Crippen LogP contribution in [0.25, 0.3) is 0 Å². The number of nitrogens with one attached hydrogen (secondary N) is 1. The standard InChI is InChI=1S/C25H29N2O9P/c1-16(29)33-20-13-22(34-21(20)15-28)27-14-17(23(30)26-24(27)31)9-5-4-8-12-37(32)35-19-11-7-6-10-18(19)25(2,3)36-37/h6-7,10-11,14,20-22,28H,4,8,12-13,15H2,1-3H3,(H,26,30,31). The first-order valence-corrected chi connectivity index (χ1v) is 13.6. The third-order valence-corrected chi connectivity index (χ3v) is 8.13. The van der Waals surface area contributed by atoms with Crippen molar-refractivity contribution in [3.05, 3.63) is 62.4 Å². The molecule has 2 aliphatic heterocycles. The molecule has 0 amide bonds. The minimum Gasteiger partial charge on any atom is -0.460 e. The van der Waals surface area contributed by atoms with Crippen LogP contribution in [0.5, 0.6) is 5.75 Å². The highest BCUT2D eigenvalue weighted by Gasteiger charge is 2.42. The van der Waals surface area contributed by atoms with E-state index in [-0.39, 0.29) is 18.1 Å². The van der Waals surface area contributed by atoms with Crippen molar-refractivity contribution in [1.82, 2.24) is 9.55 Å². The van der Waals surface area contributed by atoms with Gasteiger partial charge in [-0.15, -0.1) is 0 Å². The highest BCUT2D eigenvalue weighted by molar-refractivity contribution is 7.54. The first kappa shape index (κ1) is 26.9. The summed E-state index contributed by atoms with van der Waals surface area (Å²) >= 11 is 0. The van der Waals surface area contributed by atoms with E-state index < -0.39 is 55.5 Å². The van der Waals surface area contributed by atoms with E-state index >= 15 is 0 Å². The van der Waals surface area contributed by atoms with Gasteiger partial charge in [0.15, 0.2) is 0 Å². The van der Waals surface area contributed by atoms with E-state index in [9.17, 15) is 24.1 Å². The van der Waals surface area contributed by atoms with Gasteiger partial charge >= 0.3 is 19.3 Å². The Morgan fingerprint density at radius 2 is 2.08 bits per heavy atom. The lowest BCUT2D eigenvalue weighted by atomic mass is 9.98. The van der Waals surface area contributed by atoms with Gasteiger partial charge in [-0.3, -0.25) is 23.7 Å². The fourth-order valence-electron chi connectivity index (χ4n) is 4.38. The van der Waals surface area contributed by atoms with Gasteiger partial charge in [0, 0.05) is 31.5 Å². The SMILES string of the molecule is CC(=O)OC1CC(n2cc(C#CCCCP3(=O)Oc4ccccc4C(C)(C)O3)c(=O)[nH]c2=O)OC1CO. The van der Waals surface area contributed by atoms with Gasteiger partial charge in [0.1, 0.15) is 35.3 Å². The van der Waals surface area contributed by atoms with Crippen molar-refractivity contribution in [1.29, 1.82) is 0 Å². The monoisotopic (exact) mass is 532 g/mol. The number of aromatic amines is 1. The van der Waals surface area contributed by atoms with Crippen LogP contribution >= 0.6 is 7.60 Å². The summed E-state index contributed by atoms with van der Waals surface area (Å²) in [5.41, 5.74) is -1.28. The molecule has 1 saturated heterocycles. The molecule has 2 aliphatic rings. The number of unbranched alkanes of at least 4 members (excludes halogenated alkanes) is 1. The van der Waals surface area contributed by atoms with Crippen LogP contribution in [0.4, 0.5) is 0 Å². The van der Waals surface area contributed by atoms with Crippen molar-refractivity contribution in [3.8, 4) is 17.6 Å². The molecule has 4 atom stereocenters. The van der Waals surface area contributed by atoms with Gasteiger partial charge in [0.05, 0.1) is 12.8 Å². The molecule has 2 N–H and O–H groups in total. The Morgan fingerprint density at radius 3 is 2.81 bits per heavy atom. The summed E-state index contributed by atoms with van der Waals surface area (Å²) in [6.07, 6.45) is -0.145. The van der Waals surface area contributed by atoms with Gasteiger partial charge < -0.3 is 19.1 Å². The average Bonchev–Trinajstić information content (AvgIpc) is 3.21. The number of para-hydroxylation sites is 1. The van der Waals surface area contributed by atoms with E-state index in [1.807, 2.05) is 32.0 Å². The van der Waals surface area contributed by atoms with Gasteiger partial charge in [0.25, 0.3) is 5.56 Å². The normalized spacial score (nSPS) is 25.9. The van der Waals surface area contributed by atoms with E-state index in [2.05, 4.69) is 16.8 Å². The maximum absolute atomic E-state index is 13.2. The molecule has 37 heavy (non-hydrogen) atoms. The van der Waals surface area contributed by atoms with E-state index in [1.54, 1.807) is 6.07 Å². The summed E-state index contributed by atoms with van der Waals surface area (Å²) in [5.74, 6) is 5.61. The lowest BCUT2D eigenvalue weighted by Crippen LogP contribution is -2.33. The minimum atomic E-state index is -3.40. The molecule has 1 aromatic carbocycles. The van der Waals surface area contributed by atoms with E-state index in [1.165, 1.54) is 13.1 Å². The molecule has 1 aromatic heterocycles. The summed E-state index contributed by atoms with van der Waals surface area (Å²) in [5, 5.41) is 9.52. The van der Waals surface area contributed by atoms with Crippen LogP contribution in [0.3, 0.4) is 0 Å². The zero-order valence-electron chi connectivity index (χ0n) is 20.8. The topological polar surface area (TPSA) is 146 Å². The van der Waals surface area contributed by atoms with Crippen molar-refractivity contribution in [2.75, 3.05) is 12.8 Å². The Kier molecular flexibility index (Phi) is 7.76. The van der Waals surface area contributed by atoms with Gasteiger partial charge in [0.2, 0.25) is 0 Å². The molecular weight excluding hydrogens is 503 g/mol. The maximum atomic E-state index is 13.2. The third kappa shape index (κ3) is 6.05. The van der Waals surface area contributed by atoms with Crippen molar-refractivity contribution in [2.24, 2.45) is 0 Å². The van der Waals surface area contributed by atoms with Gasteiger partial charge in [-0.2, -0.15) is 0 Å². The number of aliphatic hydroxyl groups is 1. The molecule has 1 fully saturated rings. The number of aromatic nitrogens is 2. The summed E-state index contributed by atoms with van der Waals surface area (Å²) in [6, 6.07) is 7.31. The summed E-state index contributed by atoms with van der Waals surface area (Å²) in [7, 11) is -3.40. The highest BCUT2D eigenvalue weighted by Crippen LogP contribution is 2.59. The van der Waals surface area contributed by atoms with Crippen molar-refractivity contribution >= 4 is 13.6 Å². The molecule has 4 unspecified atom stereocenters. The predicted molar refractivity (Wildman–Crippen MR) is 132 cm³/mol. The number of H-pyrrole nitrogens is 1. The van der Waals surface area contributed by atoms with Gasteiger partial charge in [-0.05, 0) is 26.3 Å². The molecule has 3 heterocycles. The van der Waals surface area contributed by atoms with Crippen molar-refractivity contribution < 1.29 is 33.0 Å². The molecule has 0 radical (unpaired) electrons. The third-order valence-electron chi connectivity index (χ3n) is 6.05. The molecule has 0 bridgehead atoms. The number of aliphatic hydroxyl groups excluding tert-OH is 1. The van der Waals surface area contributed by atoms with Gasteiger partial charge in [-0.25, -0.2) is 9.36 Å². The minimum absolute atomic E-state index is 0.0338. The molecule has 2 aromatic rings. The fourth-order valence-corrected chi connectivity index (χ4v) is 6.40. The quantitative estimate of drug-likeness (QED) is 0.248. The highest BCUT2D eigenvalue weighted by atomic mass is 31.2. The maximum Gasteiger partial charge on any atom is 0.380 e. The molecule has 0 saturated carbocycles. The molecule has 12 heteroatoms. The van der Waals surface area contributed by atoms with Crippen molar-refractivity contribution in [2.45, 2.75) is 64.1 Å². The number of esters is 1. The largest absolute Gasteiger partial charge is 0.460 e. The number of hydrogen-bond donors (Lipinski definition) is 2. The molecule has 0 spiro atoms. The van der Waals surface area contributed by atoms with Crippen LogP contribution in [-0.2, 0) is 29.0 Å². The Bertz CT molecular complexity index is 1400. The number of nitrogens with zero attached hydrogens (tertiary/aromatic N) is 1. The van der Waals surface area contributed by atoms with Crippen LogP contribution in [-0.4, -0.2) is 45.6 Å². The van der Waals surface area contributed by atoms with Crippen LogP contribution in [0.1, 0.15) is 57.4 Å². The summed E-state index contributed by atoms with van der Waals surface area (Å²) in [6.45, 7) is 4.52. The Morgan fingerprint density at radius 1 is 1.32 bits per heavy atom. The number of ether oxygens (including phenoxy) is 2. The predicted octanol–water partition coefficient (Wildman–Crippen LogP) is 2.42. The summed E-state index contributed by atoms with van der Waals surface area (Å²) in [4.78, 5) is 38.2.